The van der Waals surface area contributed by atoms with E-state index in [9.17, 15) is 0 Å². The second kappa shape index (κ2) is 5.53. The topological polar surface area (TPSA) is 12.9 Å². The lowest BCUT2D eigenvalue weighted by Gasteiger charge is -2.12. The van der Waals surface area contributed by atoms with Crippen LogP contribution in [0.4, 0.5) is 0 Å². The summed E-state index contributed by atoms with van der Waals surface area (Å²) >= 11 is 1.88. The lowest BCUT2D eigenvalue weighted by molar-refractivity contribution is 1.43. The molecule has 0 amide bonds. The number of hydrogen-bond donors (Lipinski definition) is 0. The van der Waals surface area contributed by atoms with Crippen LogP contribution in [0.5, 0.6) is 0 Å². The molecule has 0 fully saturated rings. The van der Waals surface area contributed by atoms with Gasteiger partial charge in [-0.05, 0) is 51.2 Å². The summed E-state index contributed by atoms with van der Waals surface area (Å²) in [5.74, 6) is 0. The minimum Gasteiger partial charge on any atom is -0.256 e. The Morgan fingerprint density at radius 2 is 1.31 bits per heavy atom. The van der Waals surface area contributed by atoms with Crippen molar-refractivity contribution in [1.82, 2.24) is 4.98 Å². The Morgan fingerprint density at radius 3 is 2.28 bits per heavy atom. The summed E-state index contributed by atoms with van der Waals surface area (Å²) in [4.78, 5) is 4.84. The summed E-state index contributed by atoms with van der Waals surface area (Å²) in [7, 11) is 0. The van der Waals surface area contributed by atoms with Gasteiger partial charge in [0.1, 0.15) is 0 Å². The number of benzene rings is 5. The van der Waals surface area contributed by atoms with Crippen LogP contribution in [0.1, 0.15) is 0 Å². The smallest absolute Gasteiger partial charge is 0.0792 e. The molecule has 134 valence electrons. The number of pyridine rings is 1. The molecule has 0 aliphatic heterocycles. The number of hydrogen-bond acceptors (Lipinski definition) is 2. The van der Waals surface area contributed by atoms with Gasteiger partial charge in [0.15, 0.2) is 0 Å². The van der Waals surface area contributed by atoms with Gasteiger partial charge in [-0.15, -0.1) is 11.3 Å². The maximum Gasteiger partial charge on any atom is 0.0792 e. The molecule has 1 nitrogen and oxygen atoms in total. The zero-order valence-corrected chi connectivity index (χ0v) is 16.3. The third kappa shape index (κ3) is 2.01. The van der Waals surface area contributed by atoms with Crippen molar-refractivity contribution >= 4 is 74.7 Å². The van der Waals surface area contributed by atoms with Crippen molar-refractivity contribution in [2.24, 2.45) is 0 Å². The second-order valence-corrected chi connectivity index (χ2v) is 8.68. The minimum atomic E-state index is 1.09. The molecule has 2 heterocycles. The summed E-state index contributed by atoms with van der Waals surface area (Å²) < 4.78 is 2.69. The quantitative estimate of drug-likeness (QED) is 0.241. The molecule has 0 saturated heterocycles. The fraction of sp³-hybridized carbons (Fsp3) is 0. The van der Waals surface area contributed by atoms with E-state index in [0.717, 1.165) is 5.52 Å². The Hall–Kier alpha value is -3.49. The Bertz CT molecular complexity index is 1760. The Kier molecular flexibility index (Phi) is 2.94. The molecule has 0 aliphatic carbocycles. The summed E-state index contributed by atoms with van der Waals surface area (Å²) in [5.41, 5.74) is 1.09. The van der Waals surface area contributed by atoms with Crippen molar-refractivity contribution in [2.75, 3.05) is 0 Å². The predicted molar refractivity (Wildman–Crippen MR) is 127 cm³/mol. The zero-order chi connectivity index (χ0) is 18.9. The molecule has 0 N–H and O–H groups in total. The third-order valence-corrected chi connectivity index (χ3v) is 7.20. The average molecular weight is 385 g/mol. The fourth-order valence-electron chi connectivity index (χ4n) is 4.79. The van der Waals surface area contributed by atoms with E-state index in [0.29, 0.717) is 0 Å². The van der Waals surface area contributed by atoms with Gasteiger partial charge >= 0.3 is 0 Å². The molecule has 0 saturated carbocycles. The second-order valence-electron chi connectivity index (χ2n) is 7.60. The van der Waals surface area contributed by atoms with Gasteiger partial charge in [0.25, 0.3) is 0 Å². The van der Waals surface area contributed by atoms with Crippen molar-refractivity contribution in [3.63, 3.8) is 0 Å². The summed E-state index contributed by atoms with van der Waals surface area (Å²) in [5, 5.41) is 11.6. The third-order valence-electron chi connectivity index (χ3n) is 6.07. The van der Waals surface area contributed by atoms with Gasteiger partial charge in [0.05, 0.1) is 5.52 Å². The standard InChI is InChI=1S/C27H15NS/c1-2-7-17-16(6-1)11-12-19-22-15-25-23(18-8-3-4-10-24(18)29-25)14-21(22)20-9-5-13-28-27(20)26(17)19/h1-15H. The largest absolute Gasteiger partial charge is 0.256 e. The van der Waals surface area contributed by atoms with Crippen molar-refractivity contribution in [2.45, 2.75) is 0 Å². The number of fused-ring (bicyclic) bond motifs is 11. The Balaban J connectivity index is 1.82. The predicted octanol–water partition coefficient (Wildman–Crippen LogP) is 8.06. The van der Waals surface area contributed by atoms with Crippen LogP contribution in [-0.4, -0.2) is 4.98 Å². The Labute approximate surface area is 170 Å². The highest BCUT2D eigenvalue weighted by Gasteiger charge is 2.14. The summed E-state index contributed by atoms with van der Waals surface area (Å²) in [6.07, 6.45) is 1.91. The minimum absolute atomic E-state index is 1.09. The highest BCUT2D eigenvalue weighted by Crippen LogP contribution is 2.42. The van der Waals surface area contributed by atoms with Crippen molar-refractivity contribution in [3.8, 4) is 0 Å². The molecule has 7 aromatic rings. The van der Waals surface area contributed by atoms with Gasteiger partial charge in [-0.1, -0.05) is 60.7 Å². The van der Waals surface area contributed by atoms with Gasteiger partial charge in [-0.25, -0.2) is 0 Å². The van der Waals surface area contributed by atoms with Crippen LogP contribution in [0.15, 0.2) is 91.1 Å². The number of aromatic nitrogens is 1. The summed E-state index contributed by atoms with van der Waals surface area (Å²) in [6, 6.07) is 30.9. The van der Waals surface area contributed by atoms with Crippen LogP contribution in [0, 0.1) is 0 Å². The highest BCUT2D eigenvalue weighted by atomic mass is 32.1. The maximum atomic E-state index is 4.84. The van der Waals surface area contributed by atoms with Gasteiger partial charge in [0, 0.05) is 37.1 Å². The molecule has 2 heteroatoms. The first-order valence-electron chi connectivity index (χ1n) is 9.82. The molecule has 0 radical (unpaired) electrons. The van der Waals surface area contributed by atoms with E-state index in [2.05, 4.69) is 84.9 Å². The monoisotopic (exact) mass is 385 g/mol. The van der Waals surface area contributed by atoms with Crippen LogP contribution < -0.4 is 0 Å². The van der Waals surface area contributed by atoms with E-state index in [1.807, 2.05) is 17.5 Å². The van der Waals surface area contributed by atoms with E-state index >= 15 is 0 Å². The molecule has 2 aromatic heterocycles. The van der Waals surface area contributed by atoms with E-state index in [-0.39, 0.29) is 0 Å². The Morgan fingerprint density at radius 1 is 0.517 bits per heavy atom. The van der Waals surface area contributed by atoms with Gasteiger partial charge in [-0.3, -0.25) is 4.98 Å². The normalized spacial score (nSPS) is 12.1. The van der Waals surface area contributed by atoms with Crippen LogP contribution >= 0.6 is 11.3 Å². The van der Waals surface area contributed by atoms with Crippen molar-refractivity contribution < 1.29 is 0 Å². The molecule has 0 atom stereocenters. The average Bonchev–Trinajstić information content (AvgIpc) is 3.15. The van der Waals surface area contributed by atoms with Crippen molar-refractivity contribution in [1.29, 1.82) is 0 Å². The first-order chi connectivity index (χ1) is 14.4. The van der Waals surface area contributed by atoms with E-state index in [4.69, 9.17) is 4.98 Å². The fourth-order valence-corrected chi connectivity index (χ4v) is 5.92. The van der Waals surface area contributed by atoms with Crippen LogP contribution in [-0.2, 0) is 0 Å². The molecule has 29 heavy (non-hydrogen) atoms. The zero-order valence-electron chi connectivity index (χ0n) is 15.5. The first kappa shape index (κ1) is 15.4. The highest BCUT2D eigenvalue weighted by molar-refractivity contribution is 7.25. The van der Waals surface area contributed by atoms with Gasteiger partial charge in [-0.2, -0.15) is 0 Å². The number of rotatable bonds is 0. The van der Waals surface area contributed by atoms with Crippen molar-refractivity contribution in [3.05, 3.63) is 91.1 Å². The molecule has 0 unspecified atom stereocenters. The van der Waals surface area contributed by atoms with E-state index in [1.54, 1.807) is 0 Å². The number of thiophene rings is 1. The molecule has 0 aliphatic rings. The lowest BCUT2D eigenvalue weighted by Crippen LogP contribution is -1.87. The molecule has 0 spiro atoms. The maximum absolute atomic E-state index is 4.84. The van der Waals surface area contributed by atoms with Crippen LogP contribution in [0.25, 0.3) is 63.4 Å². The summed E-state index contributed by atoms with van der Waals surface area (Å²) in [6.45, 7) is 0. The lowest BCUT2D eigenvalue weighted by atomic mass is 9.92. The molecule has 5 aromatic carbocycles. The molecule has 7 rings (SSSR count). The molecular weight excluding hydrogens is 370 g/mol. The SMILES string of the molecule is c1ccc2c(c1)ccc1c3cc4sc5ccccc5c4cc3c3cccnc3c21. The molecular formula is C27H15NS. The van der Waals surface area contributed by atoms with Gasteiger partial charge in [0.2, 0.25) is 0 Å². The molecule has 0 bridgehead atoms. The van der Waals surface area contributed by atoms with Crippen LogP contribution in [0.3, 0.4) is 0 Å². The van der Waals surface area contributed by atoms with Crippen LogP contribution in [0.2, 0.25) is 0 Å². The number of nitrogens with zero attached hydrogens (tertiary/aromatic N) is 1. The van der Waals surface area contributed by atoms with E-state index in [1.165, 1.54) is 57.9 Å². The first-order valence-corrected chi connectivity index (χ1v) is 10.6. The van der Waals surface area contributed by atoms with E-state index < -0.39 is 0 Å². The van der Waals surface area contributed by atoms with Gasteiger partial charge < -0.3 is 0 Å².